The Morgan fingerprint density at radius 1 is 1.27 bits per heavy atom. The molecule has 0 aliphatic carbocycles. The molecule has 4 heteroatoms. The van der Waals surface area contributed by atoms with Gasteiger partial charge in [0.15, 0.2) is 0 Å². The molecule has 0 bridgehead atoms. The lowest BCUT2D eigenvalue weighted by Gasteiger charge is -2.05. The van der Waals surface area contributed by atoms with Crippen molar-refractivity contribution in [2.75, 3.05) is 31.8 Å². The highest BCUT2D eigenvalue weighted by molar-refractivity contribution is 7.98. The van der Waals surface area contributed by atoms with E-state index >= 15 is 0 Å². The van der Waals surface area contributed by atoms with Crippen molar-refractivity contribution in [3.63, 3.8) is 0 Å². The maximum Gasteiger partial charge on any atom is 0.0589 e. The number of hydrogen-bond acceptors (Lipinski definition) is 4. The van der Waals surface area contributed by atoms with Gasteiger partial charge in [0.1, 0.15) is 0 Å². The molecule has 0 fully saturated rings. The largest absolute Gasteiger partial charge is 0.304 e. The monoisotopic (exact) mass is 177 g/mol. The van der Waals surface area contributed by atoms with E-state index in [1.165, 1.54) is 12.2 Å². The zero-order valence-electron chi connectivity index (χ0n) is 7.44. The Bertz CT molecular complexity index is 62.7. The molecule has 3 nitrogen and oxygen atoms in total. The quantitative estimate of drug-likeness (QED) is 0.285. The lowest BCUT2D eigenvalue weighted by Crippen LogP contribution is -2.39. The van der Waals surface area contributed by atoms with Gasteiger partial charge in [-0.05, 0) is 25.0 Å². The third-order valence-corrected chi connectivity index (χ3v) is 1.94. The molecule has 0 heterocycles. The van der Waals surface area contributed by atoms with Crippen LogP contribution in [0, 0.1) is 0 Å². The van der Waals surface area contributed by atoms with Crippen LogP contribution in [-0.4, -0.2) is 31.8 Å². The summed E-state index contributed by atoms with van der Waals surface area (Å²) in [5.74, 6) is 1.23. The Morgan fingerprint density at radius 3 is 2.73 bits per heavy atom. The van der Waals surface area contributed by atoms with Crippen molar-refractivity contribution in [2.45, 2.75) is 13.3 Å². The fourth-order valence-electron chi connectivity index (χ4n) is 0.643. The van der Waals surface area contributed by atoms with Crippen molar-refractivity contribution < 1.29 is 0 Å². The summed E-state index contributed by atoms with van der Waals surface area (Å²) in [6.45, 7) is 5.00. The second-order valence-corrected chi connectivity index (χ2v) is 3.22. The average molecular weight is 177 g/mol. The summed E-state index contributed by atoms with van der Waals surface area (Å²) in [6.07, 6.45) is 3.35. The van der Waals surface area contributed by atoms with Gasteiger partial charge in [-0.3, -0.25) is 5.43 Å². The fourth-order valence-corrected chi connectivity index (χ4v) is 1.08. The first-order valence-electron chi connectivity index (χ1n) is 4.07. The Hall–Kier alpha value is 0.230. The molecule has 0 radical (unpaired) electrons. The Labute approximate surface area is 73.7 Å². The van der Waals surface area contributed by atoms with Crippen LogP contribution >= 0.6 is 11.8 Å². The number of nitrogens with one attached hydrogen (secondary N) is 3. The van der Waals surface area contributed by atoms with Crippen LogP contribution in [0.25, 0.3) is 0 Å². The van der Waals surface area contributed by atoms with Crippen LogP contribution in [0.5, 0.6) is 0 Å². The minimum atomic E-state index is 0.843. The lowest BCUT2D eigenvalue weighted by molar-refractivity contribution is 0.494. The summed E-state index contributed by atoms with van der Waals surface area (Å²) in [7, 11) is 0. The summed E-state index contributed by atoms with van der Waals surface area (Å²) in [6, 6.07) is 0. The van der Waals surface area contributed by atoms with E-state index in [0.717, 1.165) is 19.8 Å². The molecule has 0 saturated heterocycles. The number of rotatable bonds is 8. The van der Waals surface area contributed by atoms with Crippen molar-refractivity contribution in [3.8, 4) is 0 Å². The van der Waals surface area contributed by atoms with E-state index in [4.69, 9.17) is 0 Å². The lowest BCUT2D eigenvalue weighted by atomic mass is 10.5. The van der Waals surface area contributed by atoms with Gasteiger partial charge in [0.2, 0.25) is 0 Å². The Kier molecular flexibility index (Phi) is 10.4. The third-order valence-electron chi connectivity index (χ3n) is 1.24. The highest BCUT2D eigenvalue weighted by Crippen LogP contribution is 1.92. The molecule has 0 aromatic carbocycles. The summed E-state index contributed by atoms with van der Waals surface area (Å²) >= 11 is 1.89. The first-order valence-corrected chi connectivity index (χ1v) is 5.46. The molecule has 0 aromatic rings. The molecular formula is C7H19N3S. The SMILES string of the molecule is CCNCNNCCCSC. The molecular weight excluding hydrogens is 158 g/mol. The van der Waals surface area contributed by atoms with Crippen LogP contribution in [0.3, 0.4) is 0 Å². The average Bonchev–Trinajstić information content (AvgIpc) is 2.03. The van der Waals surface area contributed by atoms with Gasteiger partial charge in [-0.1, -0.05) is 6.92 Å². The van der Waals surface area contributed by atoms with Gasteiger partial charge >= 0.3 is 0 Å². The van der Waals surface area contributed by atoms with Crippen molar-refractivity contribution in [2.24, 2.45) is 0 Å². The van der Waals surface area contributed by atoms with Crippen LogP contribution in [0.4, 0.5) is 0 Å². The summed E-state index contributed by atoms with van der Waals surface area (Å²) in [5.41, 5.74) is 6.20. The predicted molar refractivity (Wildman–Crippen MR) is 52.7 cm³/mol. The number of hydrazine groups is 1. The Balaban J connectivity index is 2.69. The highest BCUT2D eigenvalue weighted by atomic mass is 32.2. The van der Waals surface area contributed by atoms with E-state index in [-0.39, 0.29) is 0 Å². The number of hydrogen-bond donors (Lipinski definition) is 3. The maximum absolute atomic E-state index is 3.16. The third kappa shape index (κ3) is 10.2. The van der Waals surface area contributed by atoms with Crippen LogP contribution in [0.2, 0.25) is 0 Å². The van der Waals surface area contributed by atoms with Crippen molar-refractivity contribution >= 4 is 11.8 Å². The molecule has 0 rings (SSSR count). The smallest absolute Gasteiger partial charge is 0.0589 e. The van der Waals surface area contributed by atoms with E-state index < -0.39 is 0 Å². The van der Waals surface area contributed by atoms with Crippen molar-refractivity contribution in [1.29, 1.82) is 0 Å². The van der Waals surface area contributed by atoms with E-state index in [1.807, 2.05) is 11.8 Å². The normalized spacial score (nSPS) is 10.4. The molecule has 11 heavy (non-hydrogen) atoms. The molecule has 0 atom stereocenters. The van der Waals surface area contributed by atoms with E-state index in [2.05, 4.69) is 29.3 Å². The topological polar surface area (TPSA) is 36.1 Å². The van der Waals surface area contributed by atoms with Gasteiger partial charge in [0, 0.05) is 6.54 Å². The first-order chi connectivity index (χ1) is 5.41. The zero-order chi connectivity index (χ0) is 8.36. The van der Waals surface area contributed by atoms with Gasteiger partial charge in [-0.15, -0.1) is 0 Å². The molecule has 0 aliphatic heterocycles. The fraction of sp³-hybridized carbons (Fsp3) is 1.00. The van der Waals surface area contributed by atoms with Gasteiger partial charge in [0.05, 0.1) is 6.67 Å². The zero-order valence-corrected chi connectivity index (χ0v) is 8.26. The molecule has 0 saturated carbocycles. The van der Waals surface area contributed by atoms with Gasteiger partial charge in [-0.25, -0.2) is 5.43 Å². The standard InChI is InChI=1S/C7H19N3S/c1-3-8-7-10-9-5-4-6-11-2/h8-10H,3-7H2,1-2H3. The van der Waals surface area contributed by atoms with Crippen LogP contribution in [0.15, 0.2) is 0 Å². The predicted octanol–water partition coefficient (Wildman–Crippen LogP) is 0.401. The van der Waals surface area contributed by atoms with E-state index in [1.54, 1.807) is 0 Å². The second-order valence-electron chi connectivity index (χ2n) is 2.23. The van der Waals surface area contributed by atoms with Crippen LogP contribution in [-0.2, 0) is 0 Å². The molecule has 3 N–H and O–H groups in total. The molecule has 0 aromatic heterocycles. The van der Waals surface area contributed by atoms with Crippen molar-refractivity contribution in [1.82, 2.24) is 16.2 Å². The van der Waals surface area contributed by atoms with E-state index in [9.17, 15) is 0 Å². The van der Waals surface area contributed by atoms with Gasteiger partial charge < -0.3 is 5.32 Å². The molecule has 0 spiro atoms. The molecule has 0 amide bonds. The summed E-state index contributed by atoms with van der Waals surface area (Å²) in [4.78, 5) is 0. The highest BCUT2D eigenvalue weighted by Gasteiger charge is 1.84. The number of thioether (sulfide) groups is 1. The van der Waals surface area contributed by atoms with Crippen LogP contribution in [0.1, 0.15) is 13.3 Å². The minimum Gasteiger partial charge on any atom is -0.304 e. The molecule has 0 unspecified atom stereocenters. The van der Waals surface area contributed by atoms with Gasteiger partial charge in [-0.2, -0.15) is 11.8 Å². The van der Waals surface area contributed by atoms with Crippen molar-refractivity contribution in [3.05, 3.63) is 0 Å². The summed E-state index contributed by atoms with van der Waals surface area (Å²) < 4.78 is 0. The maximum atomic E-state index is 3.16. The van der Waals surface area contributed by atoms with E-state index in [0.29, 0.717) is 0 Å². The molecule has 0 aliphatic rings. The second kappa shape index (κ2) is 10.2. The minimum absolute atomic E-state index is 0.843. The van der Waals surface area contributed by atoms with Crippen LogP contribution < -0.4 is 16.2 Å². The Morgan fingerprint density at radius 2 is 2.09 bits per heavy atom. The molecule has 68 valence electrons. The van der Waals surface area contributed by atoms with Gasteiger partial charge in [0.25, 0.3) is 0 Å². The first kappa shape index (κ1) is 11.2. The summed E-state index contributed by atoms with van der Waals surface area (Å²) in [5, 5.41) is 3.16.